The lowest BCUT2D eigenvalue weighted by Gasteiger charge is -2.30. The Morgan fingerprint density at radius 3 is 2.38 bits per heavy atom. The van der Waals surface area contributed by atoms with E-state index in [0.29, 0.717) is 12.8 Å². The Labute approximate surface area is 187 Å². The molecule has 3 aromatic carbocycles. The van der Waals surface area contributed by atoms with Gasteiger partial charge >= 0.3 is 0 Å². The molecular weight excluding hydrogens is 426 g/mol. The van der Waals surface area contributed by atoms with Gasteiger partial charge in [0, 0.05) is 31.4 Å². The first-order valence-corrected chi connectivity index (χ1v) is 12.1. The summed E-state index contributed by atoms with van der Waals surface area (Å²) >= 11 is 0. The topological polar surface area (TPSA) is 92.5 Å². The molecule has 0 aromatic heterocycles. The first kappa shape index (κ1) is 22.0. The third kappa shape index (κ3) is 4.98. The number of fused-ring (bicyclic) bond motifs is 1. The Balaban J connectivity index is 1.30. The van der Waals surface area contributed by atoms with E-state index in [1.54, 1.807) is 0 Å². The molecule has 0 unspecified atom stereocenters. The number of hydrogen-bond donors (Lipinski definition) is 1. The van der Waals surface area contributed by atoms with E-state index < -0.39 is 20.6 Å². The lowest BCUT2D eigenvalue weighted by molar-refractivity contribution is -0.387. The van der Waals surface area contributed by atoms with Crippen LogP contribution in [0.15, 0.2) is 77.7 Å². The van der Waals surface area contributed by atoms with Crippen LogP contribution >= 0.6 is 0 Å². The van der Waals surface area contributed by atoms with Gasteiger partial charge in [0.15, 0.2) is 4.90 Å². The predicted molar refractivity (Wildman–Crippen MR) is 124 cm³/mol. The lowest BCUT2D eigenvalue weighted by atomic mass is 9.99. The van der Waals surface area contributed by atoms with Gasteiger partial charge in [0.2, 0.25) is 10.0 Å². The van der Waals surface area contributed by atoms with Crippen LogP contribution in [0.1, 0.15) is 23.1 Å². The number of nitrogens with one attached hydrogen (secondary N) is 1. The van der Waals surface area contributed by atoms with Crippen molar-refractivity contribution in [3.05, 3.63) is 99.6 Å². The number of nitrogens with zero attached hydrogens (tertiary/aromatic N) is 2. The van der Waals surface area contributed by atoms with E-state index in [9.17, 15) is 18.5 Å². The van der Waals surface area contributed by atoms with Crippen molar-refractivity contribution in [2.75, 3.05) is 18.0 Å². The molecule has 0 saturated carbocycles. The molecule has 1 aliphatic rings. The average molecular weight is 452 g/mol. The van der Waals surface area contributed by atoms with Gasteiger partial charge in [-0.25, -0.2) is 13.1 Å². The molecule has 32 heavy (non-hydrogen) atoms. The van der Waals surface area contributed by atoms with Crippen molar-refractivity contribution in [1.29, 1.82) is 0 Å². The second kappa shape index (κ2) is 9.50. The molecule has 1 heterocycles. The molecule has 166 valence electrons. The molecule has 0 atom stereocenters. The Morgan fingerprint density at radius 1 is 0.938 bits per heavy atom. The second-order valence-electron chi connectivity index (χ2n) is 7.83. The van der Waals surface area contributed by atoms with E-state index in [0.717, 1.165) is 25.1 Å². The molecule has 7 nitrogen and oxygen atoms in total. The monoisotopic (exact) mass is 451 g/mol. The van der Waals surface area contributed by atoms with E-state index >= 15 is 0 Å². The summed E-state index contributed by atoms with van der Waals surface area (Å²) in [6.45, 7) is 2.10. The maximum atomic E-state index is 12.5. The summed E-state index contributed by atoms with van der Waals surface area (Å²) in [7, 11) is -3.93. The molecule has 4 rings (SSSR count). The van der Waals surface area contributed by atoms with Crippen LogP contribution in [0.2, 0.25) is 0 Å². The minimum atomic E-state index is -3.93. The molecule has 3 aromatic rings. The summed E-state index contributed by atoms with van der Waals surface area (Å²) in [5, 5.41) is 11.1. The molecule has 0 saturated heterocycles. The van der Waals surface area contributed by atoms with Crippen molar-refractivity contribution in [2.45, 2.75) is 30.7 Å². The number of sulfonamides is 1. The minimum Gasteiger partial charge on any atom is -0.367 e. The lowest BCUT2D eigenvalue weighted by Crippen LogP contribution is -2.30. The summed E-state index contributed by atoms with van der Waals surface area (Å²) < 4.78 is 27.4. The van der Waals surface area contributed by atoms with E-state index in [1.165, 1.54) is 41.1 Å². The number of nitro groups is 1. The van der Waals surface area contributed by atoms with E-state index in [-0.39, 0.29) is 11.4 Å². The molecule has 8 heteroatoms. The smallest absolute Gasteiger partial charge is 0.289 e. The quantitative estimate of drug-likeness (QED) is 0.317. The van der Waals surface area contributed by atoms with Crippen molar-refractivity contribution in [2.24, 2.45) is 0 Å². The third-order valence-electron chi connectivity index (χ3n) is 5.72. The molecule has 0 spiro atoms. The van der Waals surface area contributed by atoms with Gasteiger partial charge in [-0.2, -0.15) is 0 Å². The summed E-state index contributed by atoms with van der Waals surface area (Å²) in [6, 6.07) is 22.3. The van der Waals surface area contributed by atoms with Gasteiger partial charge in [-0.1, -0.05) is 48.5 Å². The highest BCUT2D eigenvalue weighted by Crippen LogP contribution is 2.25. The molecule has 0 bridgehead atoms. The fourth-order valence-corrected chi connectivity index (χ4v) is 5.25. The number of rotatable bonds is 8. The number of hydrogen-bond acceptors (Lipinski definition) is 5. The number of aryl methyl sites for hydroxylation is 1. The SMILES string of the molecule is O=[N+]([O-])c1ccccc1S(=O)(=O)NCCCc1ccc(N2CCc3ccccc3C2)cc1. The van der Waals surface area contributed by atoms with Gasteiger partial charge in [0.1, 0.15) is 0 Å². The fourth-order valence-electron chi connectivity index (χ4n) is 4.00. The summed E-state index contributed by atoms with van der Waals surface area (Å²) in [5.74, 6) is 0. The zero-order valence-corrected chi connectivity index (χ0v) is 18.4. The van der Waals surface area contributed by atoms with E-state index in [1.807, 2.05) is 0 Å². The highest BCUT2D eigenvalue weighted by Gasteiger charge is 2.24. The Morgan fingerprint density at radius 2 is 1.62 bits per heavy atom. The summed E-state index contributed by atoms with van der Waals surface area (Å²) in [5.41, 5.74) is 4.67. The first-order chi connectivity index (χ1) is 15.4. The van der Waals surface area contributed by atoms with Gasteiger partial charge < -0.3 is 4.90 Å². The van der Waals surface area contributed by atoms with Crippen molar-refractivity contribution in [3.63, 3.8) is 0 Å². The summed E-state index contributed by atoms with van der Waals surface area (Å²) in [4.78, 5) is 12.5. The van der Waals surface area contributed by atoms with Crippen LogP contribution in [-0.4, -0.2) is 26.4 Å². The van der Waals surface area contributed by atoms with Gasteiger partial charge in [-0.05, 0) is 54.2 Å². The molecule has 1 N–H and O–H groups in total. The Kier molecular flexibility index (Phi) is 6.53. The van der Waals surface area contributed by atoms with Crippen molar-refractivity contribution >= 4 is 21.4 Å². The molecule has 0 aliphatic carbocycles. The van der Waals surface area contributed by atoms with Crippen LogP contribution in [0.5, 0.6) is 0 Å². The maximum absolute atomic E-state index is 12.5. The Bertz CT molecular complexity index is 1210. The summed E-state index contributed by atoms with van der Waals surface area (Å²) in [6.07, 6.45) is 2.34. The molecule has 0 amide bonds. The zero-order valence-electron chi connectivity index (χ0n) is 17.6. The average Bonchev–Trinajstić information content (AvgIpc) is 2.82. The molecular formula is C24H25N3O4S. The molecule has 0 radical (unpaired) electrons. The van der Waals surface area contributed by atoms with Crippen LogP contribution < -0.4 is 9.62 Å². The fraction of sp³-hybridized carbons (Fsp3) is 0.250. The second-order valence-corrected chi connectivity index (χ2v) is 9.57. The molecule has 0 fully saturated rings. The number of anilines is 1. The van der Waals surface area contributed by atoms with Crippen LogP contribution in [0, 0.1) is 10.1 Å². The minimum absolute atomic E-state index is 0.207. The molecule has 1 aliphatic heterocycles. The standard InChI is InChI=1S/C24H25N3O4S/c28-27(29)23-9-3-4-10-24(23)32(30,31)25-16-5-6-19-11-13-22(14-12-19)26-17-15-20-7-1-2-8-21(20)18-26/h1-4,7-14,25H,5-6,15-18H2. The number of nitro benzene ring substituents is 1. The van der Waals surface area contributed by atoms with Gasteiger partial charge in [0.25, 0.3) is 5.69 Å². The predicted octanol–water partition coefficient (Wildman–Crippen LogP) is 4.07. The first-order valence-electron chi connectivity index (χ1n) is 10.6. The normalized spacial score (nSPS) is 13.6. The maximum Gasteiger partial charge on any atom is 0.289 e. The van der Waals surface area contributed by atoms with E-state index in [4.69, 9.17) is 0 Å². The Hall–Kier alpha value is -3.23. The third-order valence-corrected chi connectivity index (χ3v) is 7.23. The van der Waals surface area contributed by atoms with Crippen molar-refractivity contribution in [3.8, 4) is 0 Å². The van der Waals surface area contributed by atoms with Crippen LogP contribution in [0.25, 0.3) is 0 Å². The van der Waals surface area contributed by atoms with E-state index in [2.05, 4.69) is 58.2 Å². The van der Waals surface area contributed by atoms with Gasteiger partial charge in [0.05, 0.1) is 4.92 Å². The van der Waals surface area contributed by atoms with Crippen molar-refractivity contribution < 1.29 is 13.3 Å². The largest absolute Gasteiger partial charge is 0.367 e. The van der Waals surface area contributed by atoms with Crippen LogP contribution in [0.3, 0.4) is 0 Å². The number of benzene rings is 3. The highest BCUT2D eigenvalue weighted by atomic mass is 32.2. The van der Waals surface area contributed by atoms with Gasteiger partial charge in [-0.3, -0.25) is 10.1 Å². The highest BCUT2D eigenvalue weighted by molar-refractivity contribution is 7.89. The van der Waals surface area contributed by atoms with Crippen LogP contribution in [-0.2, 0) is 29.4 Å². The van der Waals surface area contributed by atoms with Crippen LogP contribution in [0.4, 0.5) is 11.4 Å². The number of para-hydroxylation sites is 1. The van der Waals surface area contributed by atoms with Gasteiger partial charge in [-0.15, -0.1) is 0 Å². The van der Waals surface area contributed by atoms with Crippen molar-refractivity contribution in [1.82, 2.24) is 4.72 Å². The zero-order chi connectivity index (χ0) is 22.6.